The number of nitro groups is 1. The highest BCUT2D eigenvalue weighted by Gasteiger charge is 2.12. The number of benzene rings is 1. The van der Waals surface area contributed by atoms with Crippen LogP contribution in [0, 0.1) is 19.5 Å². The molecule has 92 valence electrons. The second-order valence-corrected chi connectivity index (χ2v) is 4.40. The molecule has 0 spiro atoms. The summed E-state index contributed by atoms with van der Waals surface area (Å²) in [6.45, 7) is 0. The molecule has 0 amide bonds. The summed E-state index contributed by atoms with van der Waals surface area (Å²) in [4.78, 5) is 17.4. The van der Waals surface area contributed by atoms with Gasteiger partial charge in [-0.15, -0.1) is 0 Å². The van der Waals surface area contributed by atoms with E-state index in [4.69, 9.17) is 4.74 Å². The smallest absolute Gasteiger partial charge is 0.322 e. The predicted molar refractivity (Wildman–Crippen MR) is 67.9 cm³/mol. The van der Waals surface area contributed by atoms with E-state index in [2.05, 4.69) is 9.97 Å². The largest absolute Gasteiger partial charge is 0.421 e. The Morgan fingerprint density at radius 1 is 1.33 bits per heavy atom. The van der Waals surface area contributed by atoms with E-state index in [9.17, 15) is 14.5 Å². The lowest BCUT2D eigenvalue weighted by Gasteiger charge is -2.04. The van der Waals surface area contributed by atoms with Crippen LogP contribution in [0.5, 0.6) is 11.8 Å². The molecule has 0 aliphatic carbocycles. The van der Waals surface area contributed by atoms with Gasteiger partial charge in [-0.3, -0.25) is 10.1 Å². The number of halogens is 2. The van der Waals surface area contributed by atoms with Gasteiger partial charge < -0.3 is 4.74 Å². The molecule has 0 atom stereocenters. The van der Waals surface area contributed by atoms with Crippen LogP contribution in [0.3, 0.4) is 0 Å². The van der Waals surface area contributed by atoms with Crippen LogP contribution in [-0.2, 0) is 0 Å². The molecule has 6 nitrogen and oxygen atoms in total. The molecule has 0 saturated carbocycles. The highest BCUT2D eigenvalue weighted by Crippen LogP contribution is 2.25. The summed E-state index contributed by atoms with van der Waals surface area (Å²) in [7, 11) is 0. The van der Waals surface area contributed by atoms with Crippen LogP contribution >= 0.6 is 22.6 Å². The average Bonchev–Trinajstić information content (AvgIpc) is 2.34. The first-order valence-electron chi connectivity index (χ1n) is 4.65. The molecule has 0 radical (unpaired) electrons. The summed E-state index contributed by atoms with van der Waals surface area (Å²) in [6.07, 6.45) is 3.01. The fourth-order valence-electron chi connectivity index (χ4n) is 1.14. The Balaban J connectivity index is 2.24. The van der Waals surface area contributed by atoms with Gasteiger partial charge in [0.1, 0.15) is 0 Å². The van der Waals surface area contributed by atoms with Gasteiger partial charge in [0.05, 0.1) is 11.0 Å². The van der Waals surface area contributed by atoms with Crippen molar-refractivity contribution in [3.8, 4) is 11.8 Å². The molecule has 18 heavy (non-hydrogen) atoms. The number of hydrogen-bond donors (Lipinski definition) is 0. The molecule has 2 rings (SSSR count). The highest BCUT2D eigenvalue weighted by molar-refractivity contribution is 14.1. The van der Waals surface area contributed by atoms with Crippen molar-refractivity contribution in [3.63, 3.8) is 0 Å². The van der Waals surface area contributed by atoms with Crippen molar-refractivity contribution in [1.29, 1.82) is 0 Å². The van der Waals surface area contributed by atoms with Crippen LogP contribution in [0.25, 0.3) is 0 Å². The van der Waals surface area contributed by atoms with E-state index >= 15 is 0 Å². The van der Waals surface area contributed by atoms with Gasteiger partial charge in [0, 0.05) is 22.0 Å². The molecule has 1 heterocycles. The third-order valence-electron chi connectivity index (χ3n) is 1.92. The fraction of sp³-hybridized carbons (Fsp3) is 0. The monoisotopic (exact) mass is 361 g/mol. The van der Waals surface area contributed by atoms with E-state index < -0.39 is 10.7 Å². The fourth-order valence-corrected chi connectivity index (χ4v) is 1.42. The molecular weight excluding hydrogens is 356 g/mol. The molecule has 0 fully saturated rings. The Morgan fingerprint density at radius 2 is 2.00 bits per heavy atom. The zero-order valence-corrected chi connectivity index (χ0v) is 10.9. The van der Waals surface area contributed by atoms with Crippen molar-refractivity contribution in [2.45, 2.75) is 0 Å². The van der Waals surface area contributed by atoms with Gasteiger partial charge in [0.15, 0.2) is 11.6 Å². The summed E-state index contributed by atoms with van der Waals surface area (Å²) in [5.74, 6) is -1.01. The highest BCUT2D eigenvalue weighted by atomic mass is 127. The summed E-state index contributed by atoms with van der Waals surface area (Å²) in [6, 6.07) is 3.06. The maximum Gasteiger partial charge on any atom is 0.322 e. The van der Waals surface area contributed by atoms with Crippen LogP contribution in [-0.4, -0.2) is 14.9 Å². The molecule has 0 N–H and O–H groups in total. The number of hydrogen-bond acceptors (Lipinski definition) is 5. The normalized spacial score (nSPS) is 10.1. The Labute approximate surface area is 114 Å². The van der Waals surface area contributed by atoms with Gasteiger partial charge in [-0.05, 0) is 28.7 Å². The van der Waals surface area contributed by atoms with Gasteiger partial charge in [0.2, 0.25) is 0 Å². The van der Waals surface area contributed by atoms with E-state index in [1.54, 1.807) is 0 Å². The Hall–Kier alpha value is -1.84. The third kappa shape index (κ3) is 2.88. The number of non-ortho nitro benzene ring substituents is 1. The first-order valence-corrected chi connectivity index (χ1v) is 5.73. The van der Waals surface area contributed by atoms with Gasteiger partial charge >= 0.3 is 6.01 Å². The van der Waals surface area contributed by atoms with Crippen molar-refractivity contribution in [2.24, 2.45) is 0 Å². The van der Waals surface area contributed by atoms with E-state index in [1.807, 2.05) is 22.6 Å². The minimum atomic E-state index is -0.841. The standard InChI is InChI=1S/C10H5FIN3O3/c11-8-3-7(15(16)17)1-2-9(8)18-10-13-4-6(12)5-14-10/h1-5H. The number of nitro benzene ring substituents is 1. The Morgan fingerprint density at radius 3 is 2.56 bits per heavy atom. The quantitative estimate of drug-likeness (QED) is 0.477. The van der Waals surface area contributed by atoms with Gasteiger partial charge in [-0.1, -0.05) is 0 Å². The van der Waals surface area contributed by atoms with Crippen molar-refractivity contribution in [1.82, 2.24) is 9.97 Å². The van der Waals surface area contributed by atoms with Gasteiger partial charge in [0.25, 0.3) is 5.69 Å². The molecule has 0 unspecified atom stereocenters. The number of nitrogens with zero attached hydrogens (tertiary/aromatic N) is 3. The summed E-state index contributed by atoms with van der Waals surface area (Å²) >= 11 is 2.02. The first kappa shape index (κ1) is 12.6. The van der Waals surface area contributed by atoms with Crippen LogP contribution in [0.1, 0.15) is 0 Å². The minimum Gasteiger partial charge on any atom is -0.421 e. The zero-order valence-electron chi connectivity index (χ0n) is 8.71. The molecule has 1 aromatic heterocycles. The van der Waals surface area contributed by atoms with Crippen molar-refractivity contribution >= 4 is 28.3 Å². The summed E-state index contributed by atoms with van der Waals surface area (Å²) in [5.41, 5.74) is -0.344. The lowest BCUT2D eigenvalue weighted by atomic mass is 10.3. The summed E-state index contributed by atoms with van der Waals surface area (Å²) < 4.78 is 19.4. The third-order valence-corrected chi connectivity index (χ3v) is 2.48. The zero-order chi connectivity index (χ0) is 13.1. The number of rotatable bonds is 3. The molecule has 0 bridgehead atoms. The van der Waals surface area contributed by atoms with Gasteiger partial charge in [-0.2, -0.15) is 0 Å². The van der Waals surface area contributed by atoms with Crippen molar-refractivity contribution < 1.29 is 14.1 Å². The van der Waals surface area contributed by atoms with Crippen LogP contribution in [0.4, 0.5) is 10.1 Å². The SMILES string of the molecule is O=[N+]([O-])c1ccc(Oc2ncc(I)cn2)c(F)c1. The van der Waals surface area contributed by atoms with Crippen LogP contribution in [0.15, 0.2) is 30.6 Å². The predicted octanol–water partition coefficient (Wildman–Crippen LogP) is 2.92. The molecule has 2 aromatic rings. The molecule has 0 aliphatic rings. The molecule has 0 saturated heterocycles. The van der Waals surface area contributed by atoms with Crippen LogP contribution < -0.4 is 4.74 Å². The topological polar surface area (TPSA) is 78.2 Å². The number of aromatic nitrogens is 2. The molecular formula is C10H5FIN3O3. The van der Waals surface area contributed by atoms with E-state index in [0.717, 1.165) is 21.8 Å². The van der Waals surface area contributed by atoms with Gasteiger partial charge in [-0.25, -0.2) is 14.4 Å². The first-order chi connectivity index (χ1) is 8.56. The Kier molecular flexibility index (Phi) is 3.65. The average molecular weight is 361 g/mol. The Bertz CT molecular complexity index is 591. The maximum absolute atomic E-state index is 13.5. The van der Waals surface area contributed by atoms with Crippen molar-refractivity contribution in [2.75, 3.05) is 0 Å². The molecule has 8 heteroatoms. The lowest BCUT2D eigenvalue weighted by molar-refractivity contribution is -0.385. The number of ether oxygens (including phenoxy) is 1. The van der Waals surface area contributed by atoms with E-state index in [0.29, 0.717) is 0 Å². The summed E-state index contributed by atoms with van der Waals surface area (Å²) in [5, 5.41) is 10.4. The maximum atomic E-state index is 13.5. The van der Waals surface area contributed by atoms with E-state index in [-0.39, 0.29) is 17.4 Å². The molecule has 0 aliphatic heterocycles. The van der Waals surface area contributed by atoms with Crippen molar-refractivity contribution in [3.05, 3.63) is 50.1 Å². The molecule has 1 aromatic carbocycles. The second kappa shape index (κ2) is 5.21. The lowest BCUT2D eigenvalue weighted by Crippen LogP contribution is -1.95. The second-order valence-electron chi connectivity index (χ2n) is 3.16. The van der Waals surface area contributed by atoms with Crippen LogP contribution in [0.2, 0.25) is 0 Å². The minimum absolute atomic E-state index is 0.0248. The van der Waals surface area contributed by atoms with E-state index in [1.165, 1.54) is 12.4 Å².